The second-order valence-corrected chi connectivity index (χ2v) is 8.22. The van der Waals surface area contributed by atoms with Gasteiger partial charge in [0, 0.05) is 54.7 Å². The minimum atomic E-state index is -0.0927. The standard InChI is InChI=1S/C20H24BrN3O3/c1-14-16-13-15(21)5-6-17(16)27-18(14)19(25)22-9-11-24(12-10-22)20(26)23-7-3-2-4-8-23/h5-6,13H,2-4,7-12H2,1H3. The smallest absolute Gasteiger partial charge is 0.320 e. The number of carbonyl (C=O) groups excluding carboxylic acids is 2. The third kappa shape index (κ3) is 3.57. The average molecular weight is 434 g/mol. The summed E-state index contributed by atoms with van der Waals surface area (Å²) in [4.78, 5) is 31.2. The third-order valence-corrected chi connectivity index (χ3v) is 6.05. The molecule has 1 aromatic heterocycles. The summed E-state index contributed by atoms with van der Waals surface area (Å²) in [7, 11) is 0. The van der Waals surface area contributed by atoms with Gasteiger partial charge in [-0.25, -0.2) is 4.79 Å². The Bertz CT molecular complexity index is 865. The second kappa shape index (κ2) is 7.54. The van der Waals surface area contributed by atoms with Gasteiger partial charge in [0.25, 0.3) is 5.91 Å². The quantitative estimate of drug-likeness (QED) is 0.685. The Morgan fingerprint density at radius 3 is 2.26 bits per heavy atom. The molecule has 3 heterocycles. The molecular weight excluding hydrogens is 410 g/mol. The summed E-state index contributed by atoms with van der Waals surface area (Å²) in [5.74, 6) is 0.309. The lowest BCUT2D eigenvalue weighted by Gasteiger charge is -2.38. The van der Waals surface area contributed by atoms with Crippen LogP contribution in [0.5, 0.6) is 0 Å². The van der Waals surface area contributed by atoms with E-state index in [4.69, 9.17) is 4.42 Å². The van der Waals surface area contributed by atoms with Crippen molar-refractivity contribution in [3.8, 4) is 0 Å². The van der Waals surface area contributed by atoms with Gasteiger partial charge in [-0.05, 0) is 44.4 Å². The van der Waals surface area contributed by atoms with E-state index in [1.54, 1.807) is 4.90 Å². The summed E-state index contributed by atoms with van der Waals surface area (Å²) in [6.45, 7) is 5.86. The van der Waals surface area contributed by atoms with Crippen LogP contribution < -0.4 is 0 Å². The number of benzene rings is 1. The van der Waals surface area contributed by atoms with Crippen LogP contribution in [0, 0.1) is 6.92 Å². The van der Waals surface area contributed by atoms with Gasteiger partial charge in [-0.15, -0.1) is 0 Å². The monoisotopic (exact) mass is 433 g/mol. The second-order valence-electron chi connectivity index (χ2n) is 7.31. The molecule has 27 heavy (non-hydrogen) atoms. The van der Waals surface area contributed by atoms with Gasteiger partial charge in [-0.1, -0.05) is 15.9 Å². The number of carbonyl (C=O) groups is 2. The highest BCUT2D eigenvalue weighted by molar-refractivity contribution is 9.10. The van der Waals surface area contributed by atoms with Crippen molar-refractivity contribution in [1.29, 1.82) is 0 Å². The highest BCUT2D eigenvalue weighted by atomic mass is 79.9. The first-order chi connectivity index (χ1) is 13.0. The molecule has 2 saturated heterocycles. The van der Waals surface area contributed by atoms with Gasteiger partial charge < -0.3 is 19.1 Å². The number of amides is 3. The molecule has 0 spiro atoms. The summed E-state index contributed by atoms with van der Waals surface area (Å²) in [6, 6.07) is 5.87. The van der Waals surface area contributed by atoms with E-state index in [2.05, 4.69) is 15.9 Å². The molecule has 2 fully saturated rings. The molecule has 1 aromatic carbocycles. The van der Waals surface area contributed by atoms with Gasteiger partial charge in [0.15, 0.2) is 5.76 Å². The number of nitrogens with zero attached hydrogens (tertiary/aromatic N) is 3. The van der Waals surface area contributed by atoms with Gasteiger partial charge in [0.05, 0.1) is 0 Å². The van der Waals surface area contributed by atoms with Crippen molar-refractivity contribution in [2.45, 2.75) is 26.2 Å². The number of hydrogen-bond acceptors (Lipinski definition) is 3. The number of aryl methyl sites for hydroxylation is 1. The highest BCUT2D eigenvalue weighted by Gasteiger charge is 2.30. The van der Waals surface area contributed by atoms with Crippen molar-refractivity contribution in [2.24, 2.45) is 0 Å². The van der Waals surface area contributed by atoms with Crippen molar-refractivity contribution in [1.82, 2.24) is 14.7 Å². The van der Waals surface area contributed by atoms with E-state index in [9.17, 15) is 9.59 Å². The molecule has 0 unspecified atom stereocenters. The van der Waals surface area contributed by atoms with Crippen LogP contribution in [0.3, 0.4) is 0 Å². The van der Waals surface area contributed by atoms with E-state index >= 15 is 0 Å². The molecule has 4 rings (SSSR count). The SMILES string of the molecule is Cc1c(C(=O)N2CCN(C(=O)N3CCCCC3)CC2)oc2ccc(Br)cc12. The number of piperidine rings is 1. The third-order valence-electron chi connectivity index (χ3n) is 5.56. The predicted molar refractivity (Wildman–Crippen MR) is 107 cm³/mol. The Morgan fingerprint density at radius 2 is 1.56 bits per heavy atom. The van der Waals surface area contributed by atoms with Gasteiger partial charge in [0.1, 0.15) is 5.58 Å². The summed E-state index contributed by atoms with van der Waals surface area (Å²) in [5.41, 5.74) is 1.58. The maximum absolute atomic E-state index is 13.0. The molecule has 7 heteroatoms. The van der Waals surface area contributed by atoms with Crippen LogP contribution in [0.25, 0.3) is 11.0 Å². The summed E-state index contributed by atoms with van der Waals surface area (Å²) in [5, 5.41) is 0.951. The van der Waals surface area contributed by atoms with Crippen LogP contribution in [0.4, 0.5) is 4.79 Å². The van der Waals surface area contributed by atoms with Crippen LogP contribution in [0.15, 0.2) is 27.1 Å². The lowest BCUT2D eigenvalue weighted by Crippen LogP contribution is -2.54. The van der Waals surface area contributed by atoms with Crippen molar-refractivity contribution < 1.29 is 14.0 Å². The molecule has 0 aliphatic carbocycles. The molecule has 0 bridgehead atoms. The first-order valence-corrected chi connectivity index (χ1v) is 10.4. The molecule has 0 saturated carbocycles. The highest BCUT2D eigenvalue weighted by Crippen LogP contribution is 2.29. The van der Waals surface area contributed by atoms with Crippen LogP contribution in [0.2, 0.25) is 0 Å². The zero-order valence-corrected chi connectivity index (χ0v) is 17.1. The van der Waals surface area contributed by atoms with Gasteiger partial charge in [-0.3, -0.25) is 4.79 Å². The number of rotatable bonds is 1. The van der Waals surface area contributed by atoms with Crippen molar-refractivity contribution in [2.75, 3.05) is 39.3 Å². The topological polar surface area (TPSA) is 57.0 Å². The van der Waals surface area contributed by atoms with Gasteiger partial charge in [0.2, 0.25) is 0 Å². The Kier molecular flexibility index (Phi) is 5.12. The van der Waals surface area contributed by atoms with Crippen LogP contribution in [0.1, 0.15) is 35.4 Å². The van der Waals surface area contributed by atoms with E-state index in [0.717, 1.165) is 46.9 Å². The van der Waals surface area contributed by atoms with E-state index in [-0.39, 0.29) is 11.9 Å². The number of piperazine rings is 1. The summed E-state index contributed by atoms with van der Waals surface area (Å²) < 4.78 is 6.80. The molecular formula is C20H24BrN3O3. The molecule has 2 aliphatic heterocycles. The van der Waals surface area contributed by atoms with E-state index in [1.165, 1.54) is 6.42 Å². The van der Waals surface area contributed by atoms with Crippen molar-refractivity contribution in [3.05, 3.63) is 34.0 Å². The van der Waals surface area contributed by atoms with Gasteiger partial charge in [-0.2, -0.15) is 0 Å². The first kappa shape index (κ1) is 18.3. The van der Waals surface area contributed by atoms with E-state index < -0.39 is 0 Å². The molecule has 0 atom stereocenters. The molecule has 2 aliphatic rings. The number of fused-ring (bicyclic) bond motifs is 1. The average Bonchev–Trinajstić information content (AvgIpc) is 3.04. The Morgan fingerprint density at radius 1 is 0.926 bits per heavy atom. The fraction of sp³-hybridized carbons (Fsp3) is 0.500. The fourth-order valence-electron chi connectivity index (χ4n) is 3.93. The molecule has 0 N–H and O–H groups in total. The Hall–Kier alpha value is -2.02. The number of hydrogen-bond donors (Lipinski definition) is 0. The molecule has 144 valence electrons. The van der Waals surface area contributed by atoms with Gasteiger partial charge >= 0.3 is 6.03 Å². The van der Waals surface area contributed by atoms with Crippen LogP contribution >= 0.6 is 15.9 Å². The predicted octanol–water partition coefficient (Wildman–Crippen LogP) is 3.87. The molecule has 3 amide bonds. The lowest BCUT2D eigenvalue weighted by atomic mass is 10.1. The Balaban J connectivity index is 1.43. The number of halogens is 1. The number of likely N-dealkylation sites (tertiary alicyclic amines) is 1. The molecule has 6 nitrogen and oxygen atoms in total. The zero-order chi connectivity index (χ0) is 19.0. The summed E-state index contributed by atoms with van der Waals surface area (Å²) >= 11 is 3.46. The zero-order valence-electron chi connectivity index (χ0n) is 15.5. The minimum Gasteiger partial charge on any atom is -0.451 e. The van der Waals surface area contributed by atoms with Crippen molar-refractivity contribution >= 4 is 38.8 Å². The normalized spacial score (nSPS) is 18.2. The van der Waals surface area contributed by atoms with Crippen molar-refractivity contribution in [3.63, 3.8) is 0 Å². The molecule has 2 aromatic rings. The number of urea groups is 1. The van der Waals surface area contributed by atoms with E-state index in [0.29, 0.717) is 31.9 Å². The van der Waals surface area contributed by atoms with E-state index in [1.807, 2.05) is 34.9 Å². The maximum atomic E-state index is 13.0. The van der Waals surface area contributed by atoms with Crippen LogP contribution in [-0.2, 0) is 0 Å². The number of furan rings is 1. The van der Waals surface area contributed by atoms with Crippen LogP contribution in [-0.4, -0.2) is 65.9 Å². The Labute approximate surface area is 167 Å². The first-order valence-electron chi connectivity index (χ1n) is 9.56. The largest absolute Gasteiger partial charge is 0.451 e. The summed E-state index contributed by atoms with van der Waals surface area (Å²) in [6.07, 6.45) is 3.39. The maximum Gasteiger partial charge on any atom is 0.320 e. The minimum absolute atomic E-state index is 0.0927. The fourth-order valence-corrected chi connectivity index (χ4v) is 4.29. The molecule has 0 radical (unpaired) electrons. The lowest BCUT2D eigenvalue weighted by molar-refractivity contribution is 0.0605.